The molecule has 0 saturated heterocycles. The van der Waals surface area contributed by atoms with Crippen molar-refractivity contribution in [2.24, 2.45) is 0 Å². The number of carbonyl (C=O) groups is 1. The molecular formula is C19H17ClN6O2. The summed E-state index contributed by atoms with van der Waals surface area (Å²) in [5.74, 6) is 0.466. The monoisotopic (exact) mass is 396 g/mol. The minimum atomic E-state index is -0.314. The Morgan fingerprint density at radius 3 is 3.11 bits per heavy atom. The Kier molecular flexibility index (Phi) is 4.14. The number of halogens is 1. The number of carbonyl (C=O) groups excluding carboxylic acids is 1. The van der Waals surface area contributed by atoms with Crippen LogP contribution in [0.5, 0.6) is 5.75 Å². The van der Waals surface area contributed by atoms with Crippen molar-refractivity contribution in [3.63, 3.8) is 0 Å². The van der Waals surface area contributed by atoms with E-state index in [1.807, 2.05) is 12.1 Å². The fourth-order valence-electron chi connectivity index (χ4n) is 3.12. The van der Waals surface area contributed by atoms with Crippen molar-refractivity contribution in [1.29, 1.82) is 0 Å². The van der Waals surface area contributed by atoms with Gasteiger partial charge in [-0.05, 0) is 37.1 Å². The van der Waals surface area contributed by atoms with Crippen molar-refractivity contribution in [2.45, 2.75) is 25.0 Å². The van der Waals surface area contributed by atoms with Crippen molar-refractivity contribution in [3.05, 3.63) is 70.9 Å². The van der Waals surface area contributed by atoms with Crippen molar-refractivity contribution >= 4 is 23.2 Å². The second kappa shape index (κ2) is 6.81. The van der Waals surface area contributed by atoms with Gasteiger partial charge in [0.25, 0.3) is 5.91 Å². The van der Waals surface area contributed by atoms with Crippen LogP contribution in [0.25, 0.3) is 5.65 Å². The summed E-state index contributed by atoms with van der Waals surface area (Å²) in [6, 6.07) is 6.96. The third-order valence-electron chi connectivity index (χ3n) is 4.65. The first-order valence-corrected chi connectivity index (χ1v) is 9.34. The maximum atomic E-state index is 12.8. The SMILES string of the molecule is O=C(NC1=CNNC1c1cc(Cl)ccc1OC1CC1)c1cnn2cccnc12. The first-order valence-electron chi connectivity index (χ1n) is 8.96. The highest BCUT2D eigenvalue weighted by Crippen LogP contribution is 2.36. The van der Waals surface area contributed by atoms with Crippen LogP contribution in [0.2, 0.25) is 5.02 Å². The molecule has 1 aromatic carbocycles. The number of rotatable bonds is 5. The van der Waals surface area contributed by atoms with Gasteiger partial charge >= 0.3 is 0 Å². The van der Waals surface area contributed by atoms with E-state index in [4.69, 9.17) is 16.3 Å². The molecule has 1 unspecified atom stereocenters. The van der Waals surface area contributed by atoms with Gasteiger partial charge in [0.05, 0.1) is 24.0 Å². The summed E-state index contributed by atoms with van der Waals surface area (Å²) in [6.07, 6.45) is 8.95. The van der Waals surface area contributed by atoms with Gasteiger partial charge in [-0.25, -0.2) is 14.9 Å². The number of hydrogen-bond acceptors (Lipinski definition) is 6. The van der Waals surface area contributed by atoms with E-state index >= 15 is 0 Å². The normalized spacial score (nSPS) is 18.6. The van der Waals surface area contributed by atoms with Crippen molar-refractivity contribution in [3.8, 4) is 5.75 Å². The van der Waals surface area contributed by atoms with Crippen molar-refractivity contribution in [1.82, 2.24) is 30.8 Å². The maximum Gasteiger partial charge on any atom is 0.261 e. The maximum absolute atomic E-state index is 12.8. The molecule has 2 aliphatic rings. The van der Waals surface area contributed by atoms with Gasteiger partial charge in [-0.15, -0.1) is 0 Å². The van der Waals surface area contributed by atoms with Gasteiger partial charge in [0.15, 0.2) is 5.65 Å². The standard InChI is InChI=1S/C19H17ClN6O2/c20-11-2-5-16(28-12-3-4-12)13(8-11)17-15(10-22-25-17)24-19(27)14-9-23-26-7-1-6-21-18(14)26/h1-2,5-10,12,17,22,25H,3-4H2,(H,24,27). The molecule has 1 aliphatic carbocycles. The smallest absolute Gasteiger partial charge is 0.261 e. The van der Waals surface area contributed by atoms with E-state index in [0.29, 0.717) is 21.9 Å². The zero-order valence-electron chi connectivity index (χ0n) is 14.7. The molecule has 3 aromatic rings. The van der Waals surface area contributed by atoms with Gasteiger partial charge in [-0.2, -0.15) is 5.10 Å². The summed E-state index contributed by atoms with van der Waals surface area (Å²) in [6.45, 7) is 0. The zero-order valence-corrected chi connectivity index (χ0v) is 15.5. The average Bonchev–Trinajstić information content (AvgIpc) is 3.22. The highest BCUT2D eigenvalue weighted by atomic mass is 35.5. The summed E-state index contributed by atoms with van der Waals surface area (Å²) in [7, 11) is 0. The molecule has 1 amide bonds. The van der Waals surface area contributed by atoms with Crippen LogP contribution in [0.1, 0.15) is 34.8 Å². The minimum Gasteiger partial charge on any atom is -0.490 e. The van der Waals surface area contributed by atoms with Gasteiger partial charge in [0.2, 0.25) is 0 Å². The summed E-state index contributed by atoms with van der Waals surface area (Å²) in [5, 5.41) is 7.71. The molecule has 8 nitrogen and oxygen atoms in total. The Hall–Kier alpha value is -3.10. The lowest BCUT2D eigenvalue weighted by Crippen LogP contribution is -2.31. The largest absolute Gasteiger partial charge is 0.490 e. The molecule has 5 rings (SSSR count). The number of ether oxygens (including phenoxy) is 1. The molecule has 3 N–H and O–H groups in total. The van der Waals surface area contributed by atoms with E-state index in [0.717, 1.165) is 24.2 Å². The van der Waals surface area contributed by atoms with Crippen molar-refractivity contribution < 1.29 is 9.53 Å². The van der Waals surface area contributed by atoms with E-state index < -0.39 is 0 Å². The Morgan fingerprint density at radius 2 is 2.25 bits per heavy atom. The van der Waals surface area contributed by atoms with Gasteiger partial charge in [-0.3, -0.25) is 4.79 Å². The van der Waals surface area contributed by atoms with Gasteiger partial charge < -0.3 is 15.5 Å². The predicted octanol–water partition coefficient (Wildman–Crippen LogP) is 2.34. The molecule has 0 radical (unpaired) electrons. The molecule has 9 heteroatoms. The second-order valence-electron chi connectivity index (χ2n) is 6.72. The third-order valence-corrected chi connectivity index (χ3v) is 4.88. The number of amides is 1. The topological polar surface area (TPSA) is 92.6 Å². The van der Waals surface area contributed by atoms with E-state index in [1.165, 1.54) is 6.20 Å². The molecule has 3 heterocycles. The molecule has 0 spiro atoms. The van der Waals surface area contributed by atoms with Gasteiger partial charge in [-0.1, -0.05) is 11.6 Å². The lowest BCUT2D eigenvalue weighted by molar-refractivity contribution is 0.0965. The quantitative estimate of drug-likeness (QED) is 0.613. The van der Waals surface area contributed by atoms with Crippen molar-refractivity contribution in [2.75, 3.05) is 0 Å². The fourth-order valence-corrected chi connectivity index (χ4v) is 3.30. The summed E-state index contributed by atoms with van der Waals surface area (Å²) >= 11 is 6.22. The molecule has 1 atom stereocenters. The lowest BCUT2D eigenvalue weighted by atomic mass is 10.0. The number of fused-ring (bicyclic) bond motifs is 1. The molecule has 142 valence electrons. The van der Waals surface area contributed by atoms with Crippen LogP contribution in [-0.2, 0) is 0 Å². The van der Waals surface area contributed by atoms with E-state index in [2.05, 4.69) is 26.3 Å². The Morgan fingerprint density at radius 1 is 1.36 bits per heavy atom. The molecular weight excluding hydrogens is 380 g/mol. The second-order valence-corrected chi connectivity index (χ2v) is 7.16. The number of nitrogens with zero attached hydrogens (tertiary/aromatic N) is 3. The van der Waals surface area contributed by atoms with Gasteiger partial charge in [0.1, 0.15) is 11.3 Å². The number of hydrogen-bond donors (Lipinski definition) is 3. The first kappa shape index (κ1) is 17.0. The number of benzene rings is 1. The predicted molar refractivity (Wildman–Crippen MR) is 103 cm³/mol. The average molecular weight is 397 g/mol. The van der Waals surface area contributed by atoms with Crippen LogP contribution >= 0.6 is 11.6 Å². The number of nitrogens with one attached hydrogen (secondary N) is 3. The molecule has 1 saturated carbocycles. The fraction of sp³-hybridized carbons (Fsp3) is 0.211. The van der Waals surface area contributed by atoms with Crippen LogP contribution in [0.3, 0.4) is 0 Å². The number of hydrazine groups is 1. The molecule has 1 fully saturated rings. The van der Waals surface area contributed by atoms with E-state index in [1.54, 1.807) is 35.2 Å². The molecule has 0 bridgehead atoms. The molecule has 2 aromatic heterocycles. The summed E-state index contributed by atoms with van der Waals surface area (Å²) < 4.78 is 7.58. The summed E-state index contributed by atoms with van der Waals surface area (Å²) in [5.41, 5.74) is 8.51. The minimum absolute atomic E-state index is 0.251. The Labute approximate surface area is 165 Å². The Balaban J connectivity index is 1.41. The van der Waals surface area contributed by atoms with E-state index in [-0.39, 0.29) is 18.1 Å². The van der Waals surface area contributed by atoms with Crippen LogP contribution in [0, 0.1) is 0 Å². The highest BCUT2D eigenvalue weighted by molar-refractivity contribution is 6.30. The first-order chi connectivity index (χ1) is 13.7. The van der Waals surface area contributed by atoms with Crippen LogP contribution < -0.4 is 20.9 Å². The Bertz CT molecular complexity index is 1090. The highest BCUT2D eigenvalue weighted by Gasteiger charge is 2.30. The van der Waals surface area contributed by atoms with Crippen LogP contribution in [-0.4, -0.2) is 26.6 Å². The van der Waals surface area contributed by atoms with Gasteiger partial charge in [0, 0.05) is 29.2 Å². The lowest BCUT2D eigenvalue weighted by Gasteiger charge is -2.19. The van der Waals surface area contributed by atoms with Crippen LogP contribution in [0.4, 0.5) is 0 Å². The number of aromatic nitrogens is 3. The van der Waals surface area contributed by atoms with E-state index in [9.17, 15) is 4.79 Å². The van der Waals surface area contributed by atoms with Crippen LogP contribution in [0.15, 0.2) is 54.8 Å². The third kappa shape index (κ3) is 3.17. The zero-order chi connectivity index (χ0) is 19.1. The molecule has 28 heavy (non-hydrogen) atoms. The summed E-state index contributed by atoms with van der Waals surface area (Å²) in [4.78, 5) is 17.1. The molecule has 1 aliphatic heterocycles.